The normalized spacial score (nSPS) is 22.4. The van der Waals surface area contributed by atoms with Gasteiger partial charge in [0.05, 0.1) is 6.61 Å². The molecule has 0 aromatic rings. The Morgan fingerprint density at radius 2 is 2.15 bits per heavy atom. The third-order valence-corrected chi connectivity index (χ3v) is 3.75. The van der Waals surface area contributed by atoms with Crippen LogP contribution < -0.4 is 10.6 Å². The molecule has 0 aliphatic carbocycles. The van der Waals surface area contributed by atoms with Crippen LogP contribution in [0.1, 0.15) is 39.0 Å². The quantitative estimate of drug-likeness (QED) is 0.252. The number of halogens is 1. The summed E-state index contributed by atoms with van der Waals surface area (Å²) in [7, 11) is 1.79. The molecule has 1 unspecified atom stereocenters. The predicted molar refractivity (Wildman–Crippen MR) is 93.9 cm³/mol. The van der Waals surface area contributed by atoms with Crippen molar-refractivity contribution in [1.82, 2.24) is 10.6 Å². The van der Waals surface area contributed by atoms with E-state index in [4.69, 9.17) is 4.74 Å². The standard InChI is InChI=1S/C14H29N3O2.HI/c1-3-4-5-8-16-13(15-2)17-11-14(6-9-18)7-10-19-12-14;/h18H,3-12H2,1-2H3,(H2,15,16,17);1H. The lowest BCUT2D eigenvalue weighted by atomic mass is 9.84. The summed E-state index contributed by atoms with van der Waals surface area (Å²) in [4.78, 5) is 4.23. The first kappa shape index (κ1) is 19.9. The molecule has 1 atom stereocenters. The van der Waals surface area contributed by atoms with Gasteiger partial charge in [-0.1, -0.05) is 19.8 Å². The maximum absolute atomic E-state index is 9.19. The van der Waals surface area contributed by atoms with Crippen molar-refractivity contribution in [3.8, 4) is 0 Å². The lowest BCUT2D eigenvalue weighted by molar-refractivity contribution is 0.127. The van der Waals surface area contributed by atoms with Gasteiger partial charge in [0, 0.05) is 38.8 Å². The van der Waals surface area contributed by atoms with Gasteiger partial charge in [0.2, 0.25) is 0 Å². The van der Waals surface area contributed by atoms with Crippen LogP contribution >= 0.6 is 24.0 Å². The minimum atomic E-state index is 0. The van der Waals surface area contributed by atoms with Crippen LogP contribution in [0.25, 0.3) is 0 Å². The highest BCUT2D eigenvalue weighted by Crippen LogP contribution is 2.31. The van der Waals surface area contributed by atoms with Gasteiger partial charge in [-0.15, -0.1) is 24.0 Å². The van der Waals surface area contributed by atoms with Gasteiger partial charge in [0.1, 0.15) is 0 Å². The molecule has 1 fully saturated rings. The number of hydrogen-bond donors (Lipinski definition) is 3. The van der Waals surface area contributed by atoms with Crippen LogP contribution in [-0.4, -0.2) is 51.0 Å². The first-order valence-corrected chi connectivity index (χ1v) is 7.39. The summed E-state index contributed by atoms with van der Waals surface area (Å²) in [5.41, 5.74) is 0.0653. The fraction of sp³-hybridized carbons (Fsp3) is 0.929. The molecule has 0 bridgehead atoms. The molecule has 1 aliphatic rings. The van der Waals surface area contributed by atoms with E-state index >= 15 is 0 Å². The number of aliphatic hydroxyl groups is 1. The van der Waals surface area contributed by atoms with Crippen molar-refractivity contribution in [2.75, 3.05) is 40.0 Å². The molecule has 0 radical (unpaired) electrons. The SMILES string of the molecule is CCCCCNC(=NC)NCC1(CCO)CCOC1.I. The number of unbranched alkanes of at least 4 members (excludes halogenated alkanes) is 2. The topological polar surface area (TPSA) is 65.9 Å². The number of nitrogens with one attached hydrogen (secondary N) is 2. The number of aliphatic hydroxyl groups excluding tert-OH is 1. The summed E-state index contributed by atoms with van der Waals surface area (Å²) >= 11 is 0. The van der Waals surface area contributed by atoms with Gasteiger partial charge in [-0.2, -0.15) is 0 Å². The lowest BCUT2D eigenvalue weighted by Crippen LogP contribution is -2.44. The molecule has 0 aromatic heterocycles. The molecule has 1 rings (SSSR count). The molecule has 6 heteroatoms. The lowest BCUT2D eigenvalue weighted by Gasteiger charge is -2.27. The van der Waals surface area contributed by atoms with Crippen LogP contribution in [0.3, 0.4) is 0 Å². The molecular formula is C14H30IN3O2. The van der Waals surface area contributed by atoms with Gasteiger partial charge in [0.25, 0.3) is 0 Å². The Hall–Kier alpha value is -0.0800. The number of rotatable bonds is 8. The summed E-state index contributed by atoms with van der Waals surface area (Å²) in [6.45, 7) is 5.70. The summed E-state index contributed by atoms with van der Waals surface area (Å²) < 4.78 is 5.48. The molecule has 1 saturated heterocycles. The molecule has 0 saturated carbocycles. The third kappa shape index (κ3) is 7.08. The third-order valence-electron chi connectivity index (χ3n) is 3.75. The van der Waals surface area contributed by atoms with E-state index in [0.717, 1.165) is 45.1 Å². The maximum atomic E-state index is 9.19. The summed E-state index contributed by atoms with van der Waals surface area (Å²) in [6, 6.07) is 0. The smallest absolute Gasteiger partial charge is 0.190 e. The second-order valence-corrected chi connectivity index (χ2v) is 5.34. The van der Waals surface area contributed by atoms with E-state index in [0.29, 0.717) is 0 Å². The summed E-state index contributed by atoms with van der Waals surface area (Å²) in [5.74, 6) is 0.848. The number of aliphatic imine (C=N–C) groups is 1. The zero-order chi connectivity index (χ0) is 14.0. The number of ether oxygens (including phenoxy) is 1. The van der Waals surface area contributed by atoms with Gasteiger partial charge in [0.15, 0.2) is 5.96 Å². The van der Waals surface area contributed by atoms with Crippen molar-refractivity contribution < 1.29 is 9.84 Å². The predicted octanol–water partition coefficient (Wildman–Crippen LogP) is 1.75. The van der Waals surface area contributed by atoms with Gasteiger partial charge in [-0.05, 0) is 19.3 Å². The Morgan fingerprint density at radius 3 is 2.70 bits per heavy atom. The second-order valence-electron chi connectivity index (χ2n) is 5.34. The van der Waals surface area contributed by atoms with Gasteiger partial charge < -0.3 is 20.5 Å². The highest BCUT2D eigenvalue weighted by atomic mass is 127. The van der Waals surface area contributed by atoms with Crippen LogP contribution in [0, 0.1) is 5.41 Å². The van der Waals surface area contributed by atoms with Crippen LogP contribution in [0.5, 0.6) is 0 Å². The van der Waals surface area contributed by atoms with Crippen molar-refractivity contribution in [2.24, 2.45) is 10.4 Å². The van der Waals surface area contributed by atoms with Gasteiger partial charge in [-0.3, -0.25) is 4.99 Å². The highest BCUT2D eigenvalue weighted by Gasteiger charge is 2.34. The van der Waals surface area contributed by atoms with Crippen molar-refractivity contribution in [3.63, 3.8) is 0 Å². The summed E-state index contributed by atoms with van der Waals surface area (Å²) in [5, 5.41) is 15.9. The average molecular weight is 399 g/mol. The van der Waals surface area contributed by atoms with Crippen molar-refractivity contribution in [3.05, 3.63) is 0 Å². The minimum Gasteiger partial charge on any atom is -0.396 e. The van der Waals surface area contributed by atoms with Crippen LogP contribution in [0.2, 0.25) is 0 Å². The molecule has 0 aromatic carbocycles. The summed E-state index contributed by atoms with van der Waals surface area (Å²) in [6.07, 6.45) is 5.43. The monoisotopic (exact) mass is 399 g/mol. The molecule has 120 valence electrons. The average Bonchev–Trinajstić information content (AvgIpc) is 2.87. The van der Waals surface area contributed by atoms with Crippen LogP contribution in [0.15, 0.2) is 4.99 Å². The zero-order valence-corrected chi connectivity index (χ0v) is 15.1. The Bertz CT molecular complexity index is 269. The molecule has 20 heavy (non-hydrogen) atoms. The molecule has 1 heterocycles. The van der Waals surface area contributed by atoms with Crippen molar-refractivity contribution in [1.29, 1.82) is 0 Å². The highest BCUT2D eigenvalue weighted by molar-refractivity contribution is 14.0. The zero-order valence-electron chi connectivity index (χ0n) is 12.8. The first-order valence-electron chi connectivity index (χ1n) is 7.39. The van der Waals surface area contributed by atoms with E-state index in [9.17, 15) is 5.11 Å². The second kappa shape index (κ2) is 11.6. The Labute approximate surface area is 140 Å². The van der Waals surface area contributed by atoms with E-state index in [1.54, 1.807) is 7.05 Å². The van der Waals surface area contributed by atoms with Crippen molar-refractivity contribution in [2.45, 2.75) is 39.0 Å². The number of hydrogen-bond acceptors (Lipinski definition) is 3. The molecule has 0 amide bonds. The number of nitrogens with zero attached hydrogens (tertiary/aromatic N) is 1. The Balaban J connectivity index is 0.00000361. The molecule has 0 spiro atoms. The Morgan fingerprint density at radius 1 is 1.35 bits per heavy atom. The van der Waals surface area contributed by atoms with Gasteiger partial charge in [-0.25, -0.2) is 0 Å². The fourth-order valence-corrected chi connectivity index (χ4v) is 2.39. The van der Waals surface area contributed by atoms with E-state index in [1.807, 2.05) is 0 Å². The van der Waals surface area contributed by atoms with Gasteiger partial charge >= 0.3 is 0 Å². The minimum absolute atomic E-state index is 0. The Kier molecular flexibility index (Phi) is 11.5. The van der Waals surface area contributed by atoms with E-state index < -0.39 is 0 Å². The molecular weight excluding hydrogens is 369 g/mol. The maximum Gasteiger partial charge on any atom is 0.190 e. The van der Waals surface area contributed by atoms with Crippen molar-refractivity contribution >= 4 is 29.9 Å². The van der Waals surface area contributed by atoms with E-state index in [1.165, 1.54) is 19.3 Å². The molecule has 3 N–H and O–H groups in total. The van der Waals surface area contributed by atoms with Crippen LogP contribution in [0.4, 0.5) is 0 Å². The fourth-order valence-electron chi connectivity index (χ4n) is 2.39. The number of guanidine groups is 1. The van der Waals surface area contributed by atoms with Crippen LogP contribution in [-0.2, 0) is 4.74 Å². The largest absolute Gasteiger partial charge is 0.396 e. The van der Waals surface area contributed by atoms with E-state index in [2.05, 4.69) is 22.5 Å². The van der Waals surface area contributed by atoms with E-state index in [-0.39, 0.29) is 36.0 Å². The molecule has 1 aliphatic heterocycles. The molecule has 5 nitrogen and oxygen atoms in total. The first-order chi connectivity index (χ1) is 9.26.